The van der Waals surface area contributed by atoms with E-state index in [4.69, 9.17) is 10.8 Å². The second-order valence-electron chi connectivity index (χ2n) is 3.39. The molecule has 0 heterocycles. The number of benzene rings is 1. The van der Waals surface area contributed by atoms with Crippen molar-refractivity contribution in [1.82, 2.24) is 5.32 Å². The largest absolute Gasteiger partial charge is 0.382 e. The normalized spacial score (nSPS) is 12.8. The quantitative estimate of drug-likeness (QED) is 0.597. The molecule has 1 aromatic carbocycles. The van der Waals surface area contributed by atoms with Gasteiger partial charge in [-0.15, -0.1) is 0 Å². The topological polar surface area (TPSA) is 75.4 Å². The molecular formula is C12H16N2O2. The number of hydrogen-bond acceptors (Lipinski definition) is 3. The fraction of sp³-hybridized carbons (Fsp3) is 0.250. The fourth-order valence-corrected chi connectivity index (χ4v) is 1.16. The Hall–Kier alpha value is -1.65. The molecule has 4 nitrogen and oxygen atoms in total. The van der Waals surface area contributed by atoms with Crippen LogP contribution in [-0.4, -0.2) is 30.2 Å². The van der Waals surface area contributed by atoms with E-state index in [-0.39, 0.29) is 6.54 Å². The zero-order valence-corrected chi connectivity index (χ0v) is 8.97. The summed E-state index contributed by atoms with van der Waals surface area (Å²) in [6.45, 7) is 0.758. The van der Waals surface area contributed by atoms with Crippen LogP contribution < -0.4 is 11.1 Å². The van der Waals surface area contributed by atoms with Gasteiger partial charge in [-0.25, -0.2) is 0 Å². The predicted octanol–water partition coefficient (Wildman–Crippen LogP) is 0.136. The van der Waals surface area contributed by atoms with Crippen molar-refractivity contribution in [2.45, 2.75) is 6.10 Å². The van der Waals surface area contributed by atoms with Crippen LogP contribution in [0.1, 0.15) is 5.56 Å². The van der Waals surface area contributed by atoms with E-state index in [0.717, 1.165) is 5.56 Å². The molecule has 0 radical (unpaired) electrons. The summed E-state index contributed by atoms with van der Waals surface area (Å²) in [4.78, 5) is 10.5. The highest BCUT2D eigenvalue weighted by Gasteiger charge is 2.08. The molecule has 0 aliphatic carbocycles. The van der Waals surface area contributed by atoms with E-state index >= 15 is 0 Å². The van der Waals surface area contributed by atoms with E-state index in [1.165, 1.54) is 0 Å². The first-order valence-corrected chi connectivity index (χ1v) is 5.10. The molecule has 1 unspecified atom stereocenters. The highest BCUT2D eigenvalue weighted by molar-refractivity contribution is 5.78. The Balaban J connectivity index is 2.21. The molecule has 1 aromatic rings. The molecule has 86 valence electrons. The van der Waals surface area contributed by atoms with Gasteiger partial charge in [-0.1, -0.05) is 42.5 Å². The Kier molecular flexibility index (Phi) is 5.25. The summed E-state index contributed by atoms with van der Waals surface area (Å²) >= 11 is 0. The van der Waals surface area contributed by atoms with Crippen molar-refractivity contribution in [3.05, 3.63) is 42.0 Å². The number of rotatable bonds is 6. The van der Waals surface area contributed by atoms with Crippen molar-refractivity contribution in [1.29, 1.82) is 0 Å². The standard InChI is InChI=1S/C12H16N2O2/c13-12(16)11(15)9-14-8-4-7-10-5-2-1-3-6-10/h1-7,11,14-15H,8-9H2,(H2,13,16)/b7-4+. The third-order valence-corrected chi connectivity index (χ3v) is 2.04. The minimum atomic E-state index is -1.12. The zero-order chi connectivity index (χ0) is 11.8. The van der Waals surface area contributed by atoms with E-state index < -0.39 is 12.0 Å². The minimum absolute atomic E-state index is 0.175. The van der Waals surface area contributed by atoms with Gasteiger partial charge in [-0.3, -0.25) is 4.79 Å². The van der Waals surface area contributed by atoms with E-state index in [2.05, 4.69) is 5.32 Å². The van der Waals surface area contributed by atoms with Gasteiger partial charge in [0.05, 0.1) is 0 Å². The molecule has 4 N–H and O–H groups in total. The van der Waals surface area contributed by atoms with Crippen LogP contribution in [0.3, 0.4) is 0 Å². The molecule has 0 aliphatic heterocycles. The Morgan fingerprint density at radius 2 is 2.12 bits per heavy atom. The summed E-state index contributed by atoms with van der Waals surface area (Å²) in [6, 6.07) is 9.87. The smallest absolute Gasteiger partial charge is 0.247 e. The van der Waals surface area contributed by atoms with Crippen molar-refractivity contribution >= 4 is 12.0 Å². The predicted molar refractivity (Wildman–Crippen MR) is 63.5 cm³/mol. The van der Waals surface area contributed by atoms with Gasteiger partial charge in [0.1, 0.15) is 6.10 Å². The molecular weight excluding hydrogens is 204 g/mol. The molecule has 0 aliphatic rings. The Labute approximate surface area is 94.8 Å². The summed E-state index contributed by atoms with van der Waals surface area (Å²) in [7, 11) is 0. The molecule has 0 saturated carbocycles. The van der Waals surface area contributed by atoms with Gasteiger partial charge in [0.2, 0.25) is 5.91 Å². The number of carbonyl (C=O) groups excluding carboxylic acids is 1. The highest BCUT2D eigenvalue weighted by Crippen LogP contribution is 1.99. The molecule has 0 aromatic heterocycles. The Bertz CT molecular complexity index is 349. The van der Waals surface area contributed by atoms with Crippen molar-refractivity contribution in [3.63, 3.8) is 0 Å². The van der Waals surface area contributed by atoms with Crippen molar-refractivity contribution < 1.29 is 9.90 Å². The van der Waals surface area contributed by atoms with Gasteiger partial charge in [0.15, 0.2) is 0 Å². The molecule has 0 bridgehead atoms. The maximum absolute atomic E-state index is 10.5. The molecule has 16 heavy (non-hydrogen) atoms. The summed E-state index contributed by atoms with van der Waals surface area (Å²) in [6.07, 6.45) is 2.76. The number of nitrogens with one attached hydrogen (secondary N) is 1. The fourth-order valence-electron chi connectivity index (χ4n) is 1.16. The summed E-state index contributed by atoms with van der Waals surface area (Å²) < 4.78 is 0. The molecule has 4 heteroatoms. The maximum Gasteiger partial charge on any atom is 0.247 e. The van der Waals surface area contributed by atoms with Crippen LogP contribution in [0.4, 0.5) is 0 Å². The van der Waals surface area contributed by atoms with E-state index in [1.807, 2.05) is 42.5 Å². The Morgan fingerprint density at radius 3 is 2.75 bits per heavy atom. The maximum atomic E-state index is 10.5. The van der Waals surface area contributed by atoms with Crippen LogP contribution in [0.15, 0.2) is 36.4 Å². The average Bonchev–Trinajstić information content (AvgIpc) is 2.29. The number of primary amides is 1. The number of hydrogen-bond donors (Lipinski definition) is 3. The molecule has 0 spiro atoms. The van der Waals surface area contributed by atoms with E-state index in [0.29, 0.717) is 6.54 Å². The monoisotopic (exact) mass is 220 g/mol. The van der Waals surface area contributed by atoms with Gasteiger partial charge in [0.25, 0.3) is 0 Å². The lowest BCUT2D eigenvalue weighted by Crippen LogP contribution is -2.37. The van der Waals surface area contributed by atoms with Crippen LogP contribution in [-0.2, 0) is 4.79 Å². The van der Waals surface area contributed by atoms with Gasteiger partial charge >= 0.3 is 0 Å². The van der Waals surface area contributed by atoms with Gasteiger partial charge in [-0.2, -0.15) is 0 Å². The number of nitrogens with two attached hydrogens (primary N) is 1. The molecule has 1 atom stereocenters. The first-order valence-electron chi connectivity index (χ1n) is 5.10. The summed E-state index contributed by atoms with van der Waals surface area (Å²) in [5.41, 5.74) is 6.01. The Morgan fingerprint density at radius 1 is 1.44 bits per heavy atom. The first-order chi connectivity index (χ1) is 7.70. The van der Waals surface area contributed by atoms with Crippen LogP contribution in [0, 0.1) is 0 Å². The second kappa shape index (κ2) is 6.76. The zero-order valence-electron chi connectivity index (χ0n) is 8.97. The lowest BCUT2D eigenvalue weighted by Gasteiger charge is -2.05. The second-order valence-corrected chi connectivity index (χ2v) is 3.39. The van der Waals surface area contributed by atoms with Crippen molar-refractivity contribution in [3.8, 4) is 0 Å². The highest BCUT2D eigenvalue weighted by atomic mass is 16.3. The van der Waals surface area contributed by atoms with E-state index in [9.17, 15) is 4.79 Å². The minimum Gasteiger partial charge on any atom is -0.382 e. The van der Waals surface area contributed by atoms with Crippen LogP contribution in [0.25, 0.3) is 6.08 Å². The summed E-state index contributed by atoms with van der Waals surface area (Å²) in [5, 5.41) is 12.0. The number of amides is 1. The SMILES string of the molecule is NC(=O)C(O)CNC/C=C/c1ccccc1. The molecule has 0 fully saturated rings. The average molecular weight is 220 g/mol. The van der Waals surface area contributed by atoms with Gasteiger partial charge in [-0.05, 0) is 5.56 Å². The number of carbonyl (C=O) groups is 1. The molecule has 0 saturated heterocycles. The third kappa shape index (κ3) is 4.72. The van der Waals surface area contributed by atoms with Gasteiger partial charge < -0.3 is 16.2 Å². The van der Waals surface area contributed by atoms with Gasteiger partial charge in [0, 0.05) is 13.1 Å². The van der Waals surface area contributed by atoms with Crippen molar-refractivity contribution in [2.75, 3.05) is 13.1 Å². The molecule has 1 amide bonds. The lowest BCUT2D eigenvalue weighted by molar-refractivity contribution is -0.125. The first kappa shape index (κ1) is 12.4. The van der Waals surface area contributed by atoms with Crippen LogP contribution >= 0.6 is 0 Å². The number of aliphatic hydroxyl groups is 1. The van der Waals surface area contributed by atoms with Crippen LogP contribution in [0.2, 0.25) is 0 Å². The lowest BCUT2D eigenvalue weighted by atomic mass is 10.2. The molecule has 1 rings (SSSR count). The number of aliphatic hydroxyl groups excluding tert-OH is 1. The summed E-state index contributed by atoms with van der Waals surface area (Å²) in [5.74, 6) is -0.709. The van der Waals surface area contributed by atoms with Crippen molar-refractivity contribution in [2.24, 2.45) is 5.73 Å². The van der Waals surface area contributed by atoms with E-state index in [1.54, 1.807) is 0 Å². The third-order valence-electron chi connectivity index (χ3n) is 2.04. The van der Waals surface area contributed by atoms with Crippen LogP contribution in [0.5, 0.6) is 0 Å².